The number of carbonyl (C=O) groups is 1. The summed E-state index contributed by atoms with van der Waals surface area (Å²) in [6.45, 7) is 3.97. The van der Waals surface area contributed by atoms with Gasteiger partial charge in [0.1, 0.15) is 5.78 Å². The fourth-order valence-electron chi connectivity index (χ4n) is 3.01. The molecule has 1 atom stereocenters. The molecule has 1 unspecified atom stereocenters. The summed E-state index contributed by atoms with van der Waals surface area (Å²) in [6, 6.07) is 11.1. The summed E-state index contributed by atoms with van der Waals surface area (Å²) in [5.74, 6) is 0.330. The smallest absolute Gasteiger partial charge is 0.131 e. The van der Waals surface area contributed by atoms with Gasteiger partial charge < -0.3 is 0 Å². The SMILES string of the molecule is CC(=O)CC1CCCCCN1CCc1ccccc1. The number of ketones is 1. The van der Waals surface area contributed by atoms with Crippen molar-refractivity contribution in [2.45, 2.75) is 51.5 Å². The highest BCUT2D eigenvalue weighted by molar-refractivity contribution is 5.76. The lowest BCUT2D eigenvalue weighted by atomic mass is 10.0. The van der Waals surface area contributed by atoms with Crippen molar-refractivity contribution in [2.24, 2.45) is 0 Å². The molecule has 2 heteroatoms. The first-order valence-electron chi connectivity index (χ1n) is 7.53. The molecule has 1 saturated heterocycles. The lowest BCUT2D eigenvalue weighted by molar-refractivity contribution is -0.118. The van der Waals surface area contributed by atoms with Crippen molar-refractivity contribution in [1.29, 1.82) is 0 Å². The van der Waals surface area contributed by atoms with Crippen molar-refractivity contribution >= 4 is 5.78 Å². The summed E-state index contributed by atoms with van der Waals surface area (Å²) in [7, 11) is 0. The molecule has 0 aromatic heterocycles. The number of likely N-dealkylation sites (tertiary alicyclic amines) is 1. The lowest BCUT2D eigenvalue weighted by Gasteiger charge is -2.29. The van der Waals surface area contributed by atoms with Crippen LogP contribution in [0.15, 0.2) is 30.3 Å². The number of nitrogens with zero attached hydrogens (tertiary/aromatic N) is 1. The molecule has 0 N–H and O–H groups in total. The van der Waals surface area contributed by atoms with E-state index in [1.165, 1.54) is 31.2 Å². The molecule has 1 heterocycles. The fourth-order valence-corrected chi connectivity index (χ4v) is 3.01. The van der Waals surface area contributed by atoms with Crippen LogP contribution in [0.4, 0.5) is 0 Å². The predicted octanol–water partition coefficient (Wildman–Crippen LogP) is 3.45. The van der Waals surface area contributed by atoms with Gasteiger partial charge in [-0.2, -0.15) is 0 Å². The van der Waals surface area contributed by atoms with E-state index in [9.17, 15) is 4.79 Å². The molecule has 0 aliphatic carbocycles. The van der Waals surface area contributed by atoms with Crippen LogP contribution in [0.2, 0.25) is 0 Å². The van der Waals surface area contributed by atoms with Gasteiger partial charge in [0.25, 0.3) is 0 Å². The van der Waals surface area contributed by atoms with Crippen LogP contribution in [0.1, 0.15) is 44.6 Å². The molecule has 0 amide bonds. The van der Waals surface area contributed by atoms with Gasteiger partial charge in [-0.05, 0) is 38.3 Å². The third-order valence-electron chi connectivity index (χ3n) is 4.05. The van der Waals surface area contributed by atoms with Gasteiger partial charge in [-0.1, -0.05) is 43.2 Å². The Hall–Kier alpha value is -1.15. The number of rotatable bonds is 5. The monoisotopic (exact) mass is 259 g/mol. The normalized spacial score (nSPS) is 21.0. The van der Waals surface area contributed by atoms with Crippen LogP contribution >= 0.6 is 0 Å². The Morgan fingerprint density at radius 2 is 2.00 bits per heavy atom. The van der Waals surface area contributed by atoms with Gasteiger partial charge in [-0.3, -0.25) is 9.69 Å². The van der Waals surface area contributed by atoms with Crippen molar-refractivity contribution in [3.8, 4) is 0 Å². The maximum atomic E-state index is 11.4. The molecular weight excluding hydrogens is 234 g/mol. The minimum absolute atomic E-state index is 0.330. The van der Waals surface area contributed by atoms with E-state index >= 15 is 0 Å². The highest BCUT2D eigenvalue weighted by Gasteiger charge is 2.21. The highest BCUT2D eigenvalue weighted by Crippen LogP contribution is 2.20. The van der Waals surface area contributed by atoms with Gasteiger partial charge in [0.05, 0.1) is 0 Å². The Labute approximate surface area is 116 Å². The zero-order chi connectivity index (χ0) is 13.5. The van der Waals surface area contributed by atoms with Gasteiger partial charge >= 0.3 is 0 Å². The van der Waals surface area contributed by atoms with E-state index in [1.807, 2.05) is 0 Å². The Kier molecular flexibility index (Phi) is 5.59. The second-order valence-corrected chi connectivity index (χ2v) is 5.68. The summed E-state index contributed by atoms with van der Waals surface area (Å²) < 4.78 is 0. The van der Waals surface area contributed by atoms with E-state index in [2.05, 4.69) is 35.2 Å². The van der Waals surface area contributed by atoms with Crippen LogP contribution < -0.4 is 0 Å². The molecule has 19 heavy (non-hydrogen) atoms. The molecule has 104 valence electrons. The number of Topliss-reactive ketones (excluding diaryl/α,β-unsaturated/α-hetero) is 1. The van der Waals surface area contributed by atoms with Crippen molar-refractivity contribution < 1.29 is 4.79 Å². The Balaban J connectivity index is 1.92. The Morgan fingerprint density at radius 3 is 2.74 bits per heavy atom. The zero-order valence-electron chi connectivity index (χ0n) is 12.0. The maximum absolute atomic E-state index is 11.4. The van der Waals surface area contributed by atoms with Gasteiger partial charge in [-0.25, -0.2) is 0 Å². The van der Waals surface area contributed by atoms with Crippen molar-refractivity contribution in [3.05, 3.63) is 35.9 Å². The maximum Gasteiger partial charge on any atom is 0.131 e. The first-order valence-corrected chi connectivity index (χ1v) is 7.53. The van der Waals surface area contributed by atoms with Crippen LogP contribution in [-0.2, 0) is 11.2 Å². The number of hydrogen-bond donors (Lipinski definition) is 0. The molecule has 2 rings (SSSR count). The summed E-state index contributed by atoms with van der Waals surface area (Å²) in [5, 5.41) is 0. The average molecular weight is 259 g/mol. The standard InChI is InChI=1S/C17H25NO/c1-15(19)14-17-10-6-3-7-12-18(17)13-11-16-8-4-2-5-9-16/h2,4-5,8-9,17H,3,6-7,10-14H2,1H3. The summed E-state index contributed by atoms with van der Waals surface area (Å²) in [5.41, 5.74) is 1.40. The third kappa shape index (κ3) is 4.79. The van der Waals surface area contributed by atoms with E-state index in [1.54, 1.807) is 6.92 Å². The minimum Gasteiger partial charge on any atom is -0.300 e. The van der Waals surface area contributed by atoms with Crippen LogP contribution in [-0.4, -0.2) is 29.8 Å². The quantitative estimate of drug-likeness (QED) is 0.807. The second kappa shape index (κ2) is 7.44. The largest absolute Gasteiger partial charge is 0.300 e. The number of carbonyl (C=O) groups excluding carboxylic acids is 1. The molecule has 0 saturated carbocycles. The summed E-state index contributed by atoms with van der Waals surface area (Å²) in [6.07, 6.45) is 6.89. The van der Waals surface area contributed by atoms with Crippen molar-refractivity contribution in [3.63, 3.8) is 0 Å². The molecule has 1 aromatic carbocycles. The zero-order valence-corrected chi connectivity index (χ0v) is 12.0. The fraction of sp³-hybridized carbons (Fsp3) is 0.588. The number of hydrogen-bond acceptors (Lipinski definition) is 2. The van der Waals surface area contributed by atoms with Crippen LogP contribution in [0, 0.1) is 0 Å². The molecule has 2 nitrogen and oxygen atoms in total. The molecule has 0 spiro atoms. The lowest BCUT2D eigenvalue weighted by Crippen LogP contribution is -2.37. The third-order valence-corrected chi connectivity index (χ3v) is 4.05. The van der Waals surface area contributed by atoms with Crippen LogP contribution in [0.5, 0.6) is 0 Å². The Bertz CT molecular complexity index is 388. The number of benzene rings is 1. The molecule has 1 fully saturated rings. The second-order valence-electron chi connectivity index (χ2n) is 5.68. The molecule has 1 aromatic rings. The summed E-state index contributed by atoms with van der Waals surface area (Å²) in [4.78, 5) is 14.0. The van der Waals surface area contributed by atoms with Crippen LogP contribution in [0.3, 0.4) is 0 Å². The van der Waals surface area contributed by atoms with Gasteiger partial charge in [-0.15, -0.1) is 0 Å². The topological polar surface area (TPSA) is 20.3 Å². The first-order chi connectivity index (χ1) is 9.25. The van der Waals surface area contributed by atoms with E-state index in [-0.39, 0.29) is 0 Å². The van der Waals surface area contributed by atoms with Crippen molar-refractivity contribution in [2.75, 3.05) is 13.1 Å². The average Bonchev–Trinajstić information content (AvgIpc) is 2.62. The predicted molar refractivity (Wildman–Crippen MR) is 79.3 cm³/mol. The molecule has 1 aliphatic rings. The highest BCUT2D eigenvalue weighted by atomic mass is 16.1. The first kappa shape index (κ1) is 14.3. The molecular formula is C17H25NO. The van der Waals surface area contributed by atoms with Crippen LogP contribution in [0.25, 0.3) is 0 Å². The van der Waals surface area contributed by atoms with E-state index in [0.29, 0.717) is 11.8 Å². The van der Waals surface area contributed by atoms with Crippen molar-refractivity contribution in [1.82, 2.24) is 4.90 Å². The van der Waals surface area contributed by atoms with E-state index in [0.717, 1.165) is 25.9 Å². The van der Waals surface area contributed by atoms with Gasteiger partial charge in [0.15, 0.2) is 0 Å². The Morgan fingerprint density at radius 1 is 1.21 bits per heavy atom. The van der Waals surface area contributed by atoms with Gasteiger partial charge in [0, 0.05) is 19.0 Å². The molecule has 1 aliphatic heterocycles. The van der Waals surface area contributed by atoms with E-state index in [4.69, 9.17) is 0 Å². The molecule has 0 radical (unpaired) electrons. The minimum atomic E-state index is 0.330. The summed E-state index contributed by atoms with van der Waals surface area (Å²) >= 11 is 0. The molecule has 0 bridgehead atoms. The van der Waals surface area contributed by atoms with Gasteiger partial charge in [0.2, 0.25) is 0 Å². The van der Waals surface area contributed by atoms with E-state index < -0.39 is 0 Å².